The van der Waals surface area contributed by atoms with Crippen molar-refractivity contribution in [3.8, 4) is 0 Å². The van der Waals surface area contributed by atoms with Crippen molar-refractivity contribution in [3.05, 3.63) is 28.2 Å². The number of rotatable bonds is 4. The third-order valence-electron chi connectivity index (χ3n) is 2.17. The molecule has 90 valence electrons. The number of nitrogens with one attached hydrogen (secondary N) is 1. The molecule has 0 radical (unpaired) electrons. The Morgan fingerprint density at radius 2 is 2.00 bits per heavy atom. The first-order valence-electron chi connectivity index (χ1n) is 4.84. The molecule has 0 amide bonds. The van der Waals surface area contributed by atoms with Gasteiger partial charge in [0.15, 0.2) is 0 Å². The third-order valence-corrected chi connectivity index (χ3v) is 4.74. The largest absolute Gasteiger partial charge is 0.242 e. The first-order valence-corrected chi connectivity index (χ1v) is 7.08. The molecule has 0 aromatic heterocycles. The zero-order chi connectivity index (χ0) is 12.3. The Labute approximate surface area is 106 Å². The van der Waals surface area contributed by atoms with E-state index in [9.17, 15) is 8.42 Å². The highest BCUT2D eigenvalue weighted by molar-refractivity contribution is 7.89. The quantitative estimate of drug-likeness (QED) is 0.922. The van der Waals surface area contributed by atoms with Crippen molar-refractivity contribution in [1.82, 2.24) is 4.72 Å². The topological polar surface area (TPSA) is 46.2 Å². The van der Waals surface area contributed by atoms with E-state index in [-0.39, 0.29) is 21.0 Å². The fourth-order valence-corrected chi connectivity index (χ4v) is 3.19. The van der Waals surface area contributed by atoms with Crippen molar-refractivity contribution in [2.45, 2.75) is 31.2 Å². The van der Waals surface area contributed by atoms with Crippen LogP contribution in [-0.2, 0) is 10.0 Å². The van der Waals surface area contributed by atoms with Gasteiger partial charge in [0.25, 0.3) is 0 Å². The molecule has 1 rings (SSSR count). The molecule has 0 spiro atoms. The number of sulfonamides is 1. The molecule has 0 bridgehead atoms. The number of hydrogen-bond acceptors (Lipinski definition) is 2. The average molecular weight is 282 g/mol. The van der Waals surface area contributed by atoms with Crippen molar-refractivity contribution in [2.24, 2.45) is 0 Å². The van der Waals surface area contributed by atoms with E-state index in [4.69, 9.17) is 23.2 Å². The van der Waals surface area contributed by atoms with Crippen LogP contribution in [0.15, 0.2) is 23.1 Å². The molecule has 6 heteroatoms. The van der Waals surface area contributed by atoms with Crippen LogP contribution in [0.3, 0.4) is 0 Å². The van der Waals surface area contributed by atoms with Gasteiger partial charge in [0.1, 0.15) is 4.90 Å². The second kappa shape index (κ2) is 5.36. The molecule has 16 heavy (non-hydrogen) atoms. The van der Waals surface area contributed by atoms with Gasteiger partial charge in [0, 0.05) is 6.04 Å². The van der Waals surface area contributed by atoms with E-state index in [1.807, 2.05) is 6.92 Å². The average Bonchev–Trinajstić information content (AvgIpc) is 2.21. The molecule has 3 nitrogen and oxygen atoms in total. The van der Waals surface area contributed by atoms with E-state index >= 15 is 0 Å². The predicted octanol–water partition coefficient (Wildman–Crippen LogP) is 3.07. The summed E-state index contributed by atoms with van der Waals surface area (Å²) in [7, 11) is -3.59. The summed E-state index contributed by atoms with van der Waals surface area (Å²) in [6.45, 7) is 3.68. The summed E-state index contributed by atoms with van der Waals surface area (Å²) in [6.07, 6.45) is 0.706. The van der Waals surface area contributed by atoms with Crippen molar-refractivity contribution < 1.29 is 8.42 Å². The van der Waals surface area contributed by atoms with Crippen LogP contribution in [-0.4, -0.2) is 14.5 Å². The van der Waals surface area contributed by atoms with Gasteiger partial charge >= 0.3 is 0 Å². The smallest absolute Gasteiger partial charge is 0.208 e. The highest BCUT2D eigenvalue weighted by Crippen LogP contribution is 2.28. The summed E-state index contributed by atoms with van der Waals surface area (Å²) in [5, 5.41) is 0.286. The highest BCUT2D eigenvalue weighted by Gasteiger charge is 2.20. The third kappa shape index (κ3) is 3.10. The summed E-state index contributed by atoms with van der Waals surface area (Å²) in [4.78, 5) is 0.0157. The van der Waals surface area contributed by atoms with Crippen LogP contribution in [0.5, 0.6) is 0 Å². The van der Waals surface area contributed by atoms with E-state index in [1.165, 1.54) is 6.07 Å². The molecular formula is C10H13Cl2NO2S. The lowest BCUT2D eigenvalue weighted by Crippen LogP contribution is -2.32. The van der Waals surface area contributed by atoms with Crippen LogP contribution in [0.25, 0.3) is 0 Å². The van der Waals surface area contributed by atoms with Gasteiger partial charge in [-0.1, -0.05) is 36.2 Å². The van der Waals surface area contributed by atoms with Gasteiger partial charge in [-0.15, -0.1) is 0 Å². The van der Waals surface area contributed by atoms with Gasteiger partial charge in [-0.25, -0.2) is 13.1 Å². The summed E-state index contributed by atoms with van der Waals surface area (Å²) >= 11 is 11.6. The van der Waals surface area contributed by atoms with Crippen LogP contribution < -0.4 is 4.72 Å². The van der Waals surface area contributed by atoms with Crippen LogP contribution in [0.4, 0.5) is 0 Å². The highest BCUT2D eigenvalue weighted by atomic mass is 35.5. The molecule has 0 aliphatic carbocycles. The molecule has 1 atom stereocenters. The maximum Gasteiger partial charge on any atom is 0.242 e. The number of hydrogen-bond donors (Lipinski definition) is 1. The van der Waals surface area contributed by atoms with E-state index in [0.717, 1.165) is 0 Å². The molecule has 0 fully saturated rings. The van der Waals surface area contributed by atoms with Crippen LogP contribution in [0.1, 0.15) is 20.3 Å². The first-order chi connectivity index (χ1) is 7.38. The maximum absolute atomic E-state index is 11.9. The number of halogens is 2. The minimum Gasteiger partial charge on any atom is -0.208 e. The van der Waals surface area contributed by atoms with Gasteiger partial charge < -0.3 is 0 Å². The molecule has 1 N–H and O–H groups in total. The Balaban J connectivity index is 3.13. The standard InChI is InChI=1S/C10H13Cl2NO2S/c1-3-7(2)13-16(14,15)9-6-4-5-8(11)10(9)12/h4-7,13H,3H2,1-2H3. The summed E-state index contributed by atoms with van der Waals surface area (Å²) in [5.41, 5.74) is 0. The zero-order valence-electron chi connectivity index (χ0n) is 9.00. The van der Waals surface area contributed by atoms with E-state index in [1.54, 1.807) is 19.1 Å². The molecule has 1 unspecified atom stereocenters. The van der Waals surface area contributed by atoms with E-state index in [0.29, 0.717) is 6.42 Å². The van der Waals surface area contributed by atoms with E-state index in [2.05, 4.69) is 4.72 Å². The second-order valence-electron chi connectivity index (χ2n) is 3.48. The fraction of sp³-hybridized carbons (Fsp3) is 0.400. The second-order valence-corrected chi connectivity index (χ2v) is 5.95. The van der Waals surface area contributed by atoms with E-state index < -0.39 is 10.0 Å². The fourth-order valence-electron chi connectivity index (χ4n) is 1.10. The monoisotopic (exact) mass is 281 g/mol. The van der Waals surface area contributed by atoms with Crippen LogP contribution >= 0.6 is 23.2 Å². The summed E-state index contributed by atoms with van der Waals surface area (Å²) < 4.78 is 26.4. The Bertz CT molecular complexity index is 474. The first kappa shape index (κ1) is 13.8. The lowest BCUT2D eigenvalue weighted by molar-refractivity contribution is 0.556. The summed E-state index contributed by atoms with van der Waals surface area (Å²) in [5.74, 6) is 0. The molecule has 0 heterocycles. The maximum atomic E-state index is 11.9. The minimum atomic E-state index is -3.59. The predicted molar refractivity (Wildman–Crippen MR) is 66.5 cm³/mol. The zero-order valence-corrected chi connectivity index (χ0v) is 11.3. The Hall–Kier alpha value is -0.290. The van der Waals surface area contributed by atoms with Gasteiger partial charge in [-0.2, -0.15) is 0 Å². The molecule has 0 aliphatic rings. The molecule has 0 saturated heterocycles. The minimum absolute atomic E-state index is 0.0157. The van der Waals surface area contributed by atoms with Gasteiger partial charge in [-0.05, 0) is 25.5 Å². The Morgan fingerprint density at radius 1 is 1.38 bits per heavy atom. The lowest BCUT2D eigenvalue weighted by atomic mass is 10.3. The van der Waals surface area contributed by atoms with Crippen LogP contribution in [0.2, 0.25) is 10.0 Å². The molecule has 0 aliphatic heterocycles. The Morgan fingerprint density at radius 3 is 2.56 bits per heavy atom. The van der Waals surface area contributed by atoms with Crippen molar-refractivity contribution in [3.63, 3.8) is 0 Å². The summed E-state index contributed by atoms with van der Waals surface area (Å²) in [6, 6.07) is 4.39. The number of benzene rings is 1. The lowest BCUT2D eigenvalue weighted by Gasteiger charge is -2.13. The molecular weight excluding hydrogens is 269 g/mol. The van der Waals surface area contributed by atoms with Crippen molar-refractivity contribution in [2.75, 3.05) is 0 Å². The van der Waals surface area contributed by atoms with Crippen LogP contribution in [0, 0.1) is 0 Å². The van der Waals surface area contributed by atoms with Gasteiger partial charge in [-0.3, -0.25) is 0 Å². The van der Waals surface area contributed by atoms with Crippen molar-refractivity contribution in [1.29, 1.82) is 0 Å². The van der Waals surface area contributed by atoms with Gasteiger partial charge in [0.05, 0.1) is 10.0 Å². The van der Waals surface area contributed by atoms with Gasteiger partial charge in [0.2, 0.25) is 10.0 Å². The molecule has 1 aromatic rings. The van der Waals surface area contributed by atoms with Crippen molar-refractivity contribution >= 4 is 33.2 Å². The Kier molecular flexibility index (Phi) is 4.62. The molecule has 0 saturated carbocycles. The normalized spacial score (nSPS) is 13.8. The SMILES string of the molecule is CCC(C)NS(=O)(=O)c1cccc(Cl)c1Cl. The molecule has 1 aromatic carbocycles.